The molecule has 1 aliphatic rings. The molecule has 0 spiro atoms. The van der Waals surface area contributed by atoms with Gasteiger partial charge in [0.2, 0.25) is 0 Å². The molecule has 0 radical (unpaired) electrons. The number of aromatic nitrogens is 3. The summed E-state index contributed by atoms with van der Waals surface area (Å²) >= 11 is 0. The first kappa shape index (κ1) is 22.2. The zero-order valence-electron chi connectivity index (χ0n) is 20.8. The fourth-order valence-electron chi connectivity index (χ4n) is 5.31. The number of rotatable bonds is 4. The van der Waals surface area contributed by atoms with Gasteiger partial charge in [0, 0.05) is 27.4 Å². The Labute approximate surface area is 221 Å². The topological polar surface area (TPSA) is 30.7 Å². The molecule has 3 nitrogen and oxygen atoms in total. The maximum absolute atomic E-state index is 4.63. The second kappa shape index (κ2) is 9.45. The summed E-state index contributed by atoms with van der Waals surface area (Å²) in [6.07, 6.45) is 11.5. The first-order chi connectivity index (χ1) is 18.8. The molecule has 0 saturated heterocycles. The lowest BCUT2D eigenvalue weighted by molar-refractivity contribution is 1.07. The van der Waals surface area contributed by atoms with Crippen molar-refractivity contribution in [2.75, 3.05) is 0 Å². The van der Waals surface area contributed by atoms with Crippen LogP contribution in [0.15, 0.2) is 128 Å². The highest BCUT2D eigenvalue weighted by molar-refractivity contribution is 5.89. The van der Waals surface area contributed by atoms with Gasteiger partial charge in [-0.05, 0) is 47.9 Å². The third kappa shape index (κ3) is 3.95. The van der Waals surface area contributed by atoms with Crippen molar-refractivity contribution in [2.45, 2.75) is 6.42 Å². The minimum Gasteiger partial charge on any atom is -0.309 e. The minimum absolute atomic E-state index is 0.906. The molecule has 2 heterocycles. The van der Waals surface area contributed by atoms with Crippen LogP contribution in [-0.4, -0.2) is 14.5 Å². The number of hydrogen-bond acceptors (Lipinski definition) is 2. The Morgan fingerprint density at radius 2 is 1.34 bits per heavy atom. The van der Waals surface area contributed by atoms with Crippen LogP contribution in [0, 0.1) is 0 Å². The van der Waals surface area contributed by atoms with Gasteiger partial charge in [-0.1, -0.05) is 103 Å². The summed E-state index contributed by atoms with van der Waals surface area (Å²) in [5.74, 6) is 0. The van der Waals surface area contributed by atoms with Crippen LogP contribution in [0.2, 0.25) is 0 Å². The SMILES string of the molecule is C1=CCC=c2c(n(-c3cccc(-c4cc(-c5ccccc5)ncn4)c3)c3cc(-c4ccccc4)ccc23)=C1. The zero-order valence-corrected chi connectivity index (χ0v) is 20.8. The van der Waals surface area contributed by atoms with E-state index in [4.69, 9.17) is 0 Å². The maximum Gasteiger partial charge on any atom is 0.116 e. The largest absolute Gasteiger partial charge is 0.309 e. The molecular formula is C35H25N3. The quantitative estimate of drug-likeness (QED) is 0.270. The molecule has 0 bridgehead atoms. The molecule has 0 aliphatic heterocycles. The number of allylic oxidation sites excluding steroid dienone is 2. The van der Waals surface area contributed by atoms with Gasteiger partial charge in [-0.3, -0.25) is 0 Å². The minimum atomic E-state index is 0.906. The van der Waals surface area contributed by atoms with E-state index in [2.05, 4.69) is 130 Å². The lowest BCUT2D eigenvalue weighted by atomic mass is 10.0. The first-order valence-electron chi connectivity index (χ1n) is 12.9. The zero-order chi connectivity index (χ0) is 25.3. The average Bonchev–Trinajstić information content (AvgIpc) is 3.11. The van der Waals surface area contributed by atoms with Crippen molar-refractivity contribution in [3.05, 3.63) is 138 Å². The van der Waals surface area contributed by atoms with Gasteiger partial charge in [-0.25, -0.2) is 9.97 Å². The highest BCUT2D eigenvalue weighted by Gasteiger charge is 2.13. The van der Waals surface area contributed by atoms with Gasteiger partial charge < -0.3 is 4.57 Å². The van der Waals surface area contributed by atoms with Crippen molar-refractivity contribution >= 4 is 23.1 Å². The molecule has 6 aromatic rings. The highest BCUT2D eigenvalue weighted by Crippen LogP contribution is 2.27. The van der Waals surface area contributed by atoms with Crippen molar-refractivity contribution < 1.29 is 0 Å². The molecule has 180 valence electrons. The molecule has 2 aromatic heterocycles. The molecule has 38 heavy (non-hydrogen) atoms. The van der Waals surface area contributed by atoms with Gasteiger partial charge in [0.25, 0.3) is 0 Å². The molecule has 1 aliphatic carbocycles. The number of nitrogens with zero attached hydrogens (tertiary/aromatic N) is 3. The van der Waals surface area contributed by atoms with E-state index >= 15 is 0 Å². The van der Waals surface area contributed by atoms with Gasteiger partial charge >= 0.3 is 0 Å². The first-order valence-corrected chi connectivity index (χ1v) is 12.9. The molecule has 0 amide bonds. The van der Waals surface area contributed by atoms with Crippen molar-refractivity contribution in [3.63, 3.8) is 0 Å². The summed E-state index contributed by atoms with van der Waals surface area (Å²) in [5, 5.41) is 3.74. The van der Waals surface area contributed by atoms with Crippen LogP contribution >= 0.6 is 0 Å². The summed E-state index contributed by atoms with van der Waals surface area (Å²) in [6, 6.07) is 38.4. The summed E-state index contributed by atoms with van der Waals surface area (Å²) in [4.78, 5) is 9.15. The van der Waals surface area contributed by atoms with Crippen LogP contribution in [0.3, 0.4) is 0 Å². The fraction of sp³-hybridized carbons (Fsp3) is 0.0286. The summed E-state index contributed by atoms with van der Waals surface area (Å²) in [6.45, 7) is 0. The van der Waals surface area contributed by atoms with Crippen molar-refractivity contribution in [3.8, 4) is 39.3 Å². The van der Waals surface area contributed by atoms with E-state index in [1.165, 1.54) is 32.6 Å². The molecule has 0 unspecified atom stereocenters. The molecular weight excluding hydrogens is 462 g/mol. The Balaban J connectivity index is 1.43. The summed E-state index contributed by atoms with van der Waals surface area (Å²) in [5.41, 5.74) is 8.70. The van der Waals surface area contributed by atoms with E-state index in [1.807, 2.05) is 18.2 Å². The van der Waals surface area contributed by atoms with E-state index in [1.54, 1.807) is 6.33 Å². The number of hydrogen-bond donors (Lipinski definition) is 0. The summed E-state index contributed by atoms with van der Waals surface area (Å²) in [7, 11) is 0. The van der Waals surface area contributed by atoms with Gasteiger partial charge in [-0.15, -0.1) is 0 Å². The highest BCUT2D eigenvalue weighted by atomic mass is 15.0. The number of fused-ring (bicyclic) bond motifs is 3. The van der Waals surface area contributed by atoms with E-state index < -0.39 is 0 Å². The summed E-state index contributed by atoms with van der Waals surface area (Å²) < 4.78 is 2.38. The fourth-order valence-corrected chi connectivity index (χ4v) is 5.31. The van der Waals surface area contributed by atoms with E-state index in [0.29, 0.717) is 0 Å². The molecule has 4 aromatic carbocycles. The van der Waals surface area contributed by atoms with Crippen LogP contribution in [0.25, 0.3) is 62.4 Å². The van der Waals surface area contributed by atoms with Crippen molar-refractivity contribution in [1.82, 2.24) is 14.5 Å². The van der Waals surface area contributed by atoms with E-state index in [0.717, 1.165) is 34.6 Å². The molecule has 3 heteroatoms. The maximum atomic E-state index is 4.63. The molecule has 0 N–H and O–H groups in total. The third-order valence-electron chi connectivity index (χ3n) is 7.14. The van der Waals surface area contributed by atoms with Crippen LogP contribution < -0.4 is 10.6 Å². The van der Waals surface area contributed by atoms with Gasteiger partial charge in [0.15, 0.2) is 0 Å². The second-order valence-corrected chi connectivity index (χ2v) is 9.47. The predicted molar refractivity (Wildman–Crippen MR) is 157 cm³/mol. The smallest absolute Gasteiger partial charge is 0.116 e. The lowest BCUT2D eigenvalue weighted by Crippen LogP contribution is -2.27. The van der Waals surface area contributed by atoms with Gasteiger partial charge in [-0.2, -0.15) is 0 Å². The normalized spacial score (nSPS) is 12.4. The standard InChI is InChI=1S/C35H25N3/c1-4-11-25(12-5-1)27-19-20-31-30-17-8-3-9-18-34(30)38(35(31)22-27)29-16-10-15-28(21-29)33-23-32(36-24-37-33)26-13-6-2-7-14-26/h1-7,9-24H,8H2. The lowest BCUT2D eigenvalue weighted by Gasteiger charge is -2.11. The number of benzene rings is 4. The average molecular weight is 488 g/mol. The van der Waals surface area contributed by atoms with Crippen LogP contribution in [0.5, 0.6) is 0 Å². The van der Waals surface area contributed by atoms with Crippen molar-refractivity contribution in [1.29, 1.82) is 0 Å². The van der Waals surface area contributed by atoms with Gasteiger partial charge in [0.1, 0.15) is 6.33 Å². The van der Waals surface area contributed by atoms with E-state index in [9.17, 15) is 0 Å². The Morgan fingerprint density at radius 3 is 2.16 bits per heavy atom. The molecule has 0 saturated carbocycles. The molecule has 0 atom stereocenters. The Bertz CT molecular complexity index is 1930. The van der Waals surface area contributed by atoms with Crippen LogP contribution in [-0.2, 0) is 0 Å². The Morgan fingerprint density at radius 1 is 0.605 bits per heavy atom. The second-order valence-electron chi connectivity index (χ2n) is 9.47. The van der Waals surface area contributed by atoms with Gasteiger partial charge in [0.05, 0.1) is 22.3 Å². The molecule has 0 fully saturated rings. The monoisotopic (exact) mass is 487 g/mol. The van der Waals surface area contributed by atoms with Crippen LogP contribution in [0.4, 0.5) is 0 Å². The molecule has 7 rings (SSSR count). The Hall–Kier alpha value is -5.02. The van der Waals surface area contributed by atoms with E-state index in [-0.39, 0.29) is 0 Å². The third-order valence-corrected chi connectivity index (χ3v) is 7.14. The predicted octanol–water partition coefficient (Wildman–Crippen LogP) is 6.94. The Kier molecular flexibility index (Phi) is 5.52. The van der Waals surface area contributed by atoms with Crippen molar-refractivity contribution in [2.24, 2.45) is 0 Å². The van der Waals surface area contributed by atoms with Crippen LogP contribution in [0.1, 0.15) is 6.42 Å².